The van der Waals surface area contributed by atoms with E-state index in [0.717, 1.165) is 0 Å². The Labute approximate surface area is 94.4 Å². The minimum atomic E-state index is -1.01. The largest absolute Gasteiger partial charge is 0.394 e. The second-order valence-electron chi connectivity index (χ2n) is 3.88. The molecule has 0 aliphatic carbocycles. The molecule has 0 aromatic rings. The van der Waals surface area contributed by atoms with Crippen LogP contribution in [0.25, 0.3) is 0 Å². The van der Waals surface area contributed by atoms with Gasteiger partial charge >= 0.3 is 0 Å². The van der Waals surface area contributed by atoms with Gasteiger partial charge in [-0.1, -0.05) is 0 Å². The SMILES string of the molecule is CC(C)OC1O[C@H](CO)[C@H](O)[C@H](S)[C@H]1O. The van der Waals surface area contributed by atoms with Crippen LogP contribution in [0, 0.1) is 0 Å². The van der Waals surface area contributed by atoms with Gasteiger partial charge in [-0.15, -0.1) is 0 Å². The number of ether oxygens (including phenoxy) is 2. The Morgan fingerprint density at radius 2 is 1.93 bits per heavy atom. The Morgan fingerprint density at radius 3 is 2.40 bits per heavy atom. The Kier molecular flexibility index (Phi) is 4.82. The van der Waals surface area contributed by atoms with E-state index in [4.69, 9.17) is 14.6 Å². The predicted octanol–water partition coefficient (Wildman–Crippen LogP) is -0.851. The monoisotopic (exact) mass is 238 g/mol. The molecule has 0 saturated carbocycles. The Balaban J connectivity index is 2.65. The molecule has 15 heavy (non-hydrogen) atoms. The first-order chi connectivity index (χ1) is 6.97. The number of hydrogen-bond donors (Lipinski definition) is 4. The average Bonchev–Trinajstić information content (AvgIpc) is 2.18. The molecule has 1 saturated heterocycles. The summed E-state index contributed by atoms with van der Waals surface area (Å²) >= 11 is 4.07. The van der Waals surface area contributed by atoms with Crippen LogP contribution >= 0.6 is 12.6 Å². The van der Waals surface area contributed by atoms with Crippen molar-refractivity contribution in [2.24, 2.45) is 0 Å². The minimum absolute atomic E-state index is 0.111. The van der Waals surface area contributed by atoms with Crippen LogP contribution in [0.2, 0.25) is 0 Å². The number of hydrogen-bond acceptors (Lipinski definition) is 6. The Morgan fingerprint density at radius 1 is 1.33 bits per heavy atom. The lowest BCUT2D eigenvalue weighted by atomic mass is 10.0. The Hall–Kier alpha value is 0.150. The van der Waals surface area contributed by atoms with E-state index in [0.29, 0.717) is 0 Å². The summed E-state index contributed by atoms with van der Waals surface area (Å²) < 4.78 is 10.5. The van der Waals surface area contributed by atoms with Crippen LogP contribution in [0.5, 0.6) is 0 Å². The quantitative estimate of drug-likeness (QED) is 0.482. The van der Waals surface area contributed by atoms with E-state index in [2.05, 4.69) is 12.6 Å². The first-order valence-corrected chi connectivity index (χ1v) is 5.45. The zero-order valence-electron chi connectivity index (χ0n) is 8.78. The maximum absolute atomic E-state index is 9.70. The summed E-state index contributed by atoms with van der Waals surface area (Å²) in [6.07, 6.45) is -3.73. The van der Waals surface area contributed by atoms with Gasteiger partial charge < -0.3 is 24.8 Å². The van der Waals surface area contributed by atoms with E-state index in [9.17, 15) is 10.2 Å². The first kappa shape index (κ1) is 13.2. The molecule has 90 valence electrons. The highest BCUT2D eigenvalue weighted by Gasteiger charge is 2.43. The summed E-state index contributed by atoms with van der Waals surface area (Å²) in [6, 6.07) is 0. The van der Waals surface area contributed by atoms with Gasteiger partial charge in [0.1, 0.15) is 12.2 Å². The van der Waals surface area contributed by atoms with Gasteiger partial charge in [0.2, 0.25) is 0 Å². The molecule has 0 spiro atoms. The van der Waals surface area contributed by atoms with E-state index >= 15 is 0 Å². The summed E-state index contributed by atoms with van der Waals surface area (Å²) in [4.78, 5) is 0. The fourth-order valence-electron chi connectivity index (χ4n) is 1.45. The topological polar surface area (TPSA) is 79.2 Å². The van der Waals surface area contributed by atoms with Gasteiger partial charge in [-0.2, -0.15) is 12.6 Å². The van der Waals surface area contributed by atoms with Crippen molar-refractivity contribution < 1.29 is 24.8 Å². The molecule has 6 heteroatoms. The summed E-state index contributed by atoms with van der Waals surface area (Å²) in [5.41, 5.74) is 0. The fourth-order valence-corrected chi connectivity index (χ4v) is 1.78. The number of thiol groups is 1. The molecule has 0 aromatic carbocycles. The van der Waals surface area contributed by atoms with Gasteiger partial charge in [0.15, 0.2) is 6.29 Å². The molecule has 0 bridgehead atoms. The smallest absolute Gasteiger partial charge is 0.185 e. The maximum Gasteiger partial charge on any atom is 0.185 e. The molecule has 0 amide bonds. The zero-order chi connectivity index (χ0) is 11.6. The number of aliphatic hydroxyl groups excluding tert-OH is 3. The molecule has 1 heterocycles. The van der Waals surface area contributed by atoms with Crippen LogP contribution in [0.15, 0.2) is 0 Å². The van der Waals surface area contributed by atoms with Crippen LogP contribution in [-0.4, -0.2) is 57.9 Å². The molecule has 5 atom stereocenters. The summed E-state index contributed by atoms with van der Waals surface area (Å²) in [6.45, 7) is 3.29. The van der Waals surface area contributed by atoms with Crippen molar-refractivity contribution in [3.8, 4) is 0 Å². The highest BCUT2D eigenvalue weighted by atomic mass is 32.1. The van der Waals surface area contributed by atoms with Crippen molar-refractivity contribution in [3.63, 3.8) is 0 Å². The van der Waals surface area contributed by atoms with Crippen molar-refractivity contribution in [1.82, 2.24) is 0 Å². The van der Waals surface area contributed by atoms with E-state index in [1.165, 1.54) is 0 Å². The number of aliphatic hydroxyl groups is 3. The molecule has 3 N–H and O–H groups in total. The minimum Gasteiger partial charge on any atom is -0.394 e. The van der Waals surface area contributed by atoms with Crippen molar-refractivity contribution >= 4 is 12.6 Å². The lowest BCUT2D eigenvalue weighted by Gasteiger charge is -2.40. The highest BCUT2D eigenvalue weighted by molar-refractivity contribution is 7.81. The van der Waals surface area contributed by atoms with E-state index in [1.54, 1.807) is 0 Å². The molecule has 1 unspecified atom stereocenters. The second-order valence-corrected chi connectivity index (χ2v) is 4.48. The molecule has 0 aromatic heterocycles. The van der Waals surface area contributed by atoms with Gasteiger partial charge in [0.05, 0.1) is 24.1 Å². The fraction of sp³-hybridized carbons (Fsp3) is 1.00. The van der Waals surface area contributed by atoms with E-state index < -0.39 is 29.9 Å². The third kappa shape index (κ3) is 3.05. The van der Waals surface area contributed by atoms with Crippen molar-refractivity contribution in [2.75, 3.05) is 6.61 Å². The third-order valence-electron chi connectivity index (χ3n) is 2.25. The number of rotatable bonds is 3. The van der Waals surface area contributed by atoms with E-state index in [-0.39, 0.29) is 12.7 Å². The van der Waals surface area contributed by atoms with Crippen molar-refractivity contribution in [2.45, 2.75) is 49.8 Å². The van der Waals surface area contributed by atoms with Crippen molar-refractivity contribution in [1.29, 1.82) is 0 Å². The first-order valence-electron chi connectivity index (χ1n) is 4.93. The van der Waals surface area contributed by atoms with Gasteiger partial charge in [-0.25, -0.2) is 0 Å². The van der Waals surface area contributed by atoms with Gasteiger partial charge in [-0.3, -0.25) is 0 Å². The summed E-state index contributed by atoms with van der Waals surface area (Å²) in [5, 5.41) is 27.6. The maximum atomic E-state index is 9.70. The van der Waals surface area contributed by atoms with Gasteiger partial charge in [0.25, 0.3) is 0 Å². The Bertz CT molecular complexity index is 199. The van der Waals surface area contributed by atoms with Crippen LogP contribution in [0.3, 0.4) is 0 Å². The third-order valence-corrected chi connectivity index (χ3v) is 2.87. The molecule has 0 radical (unpaired) electrons. The standard InChI is InChI=1S/C9H18O5S/c1-4(2)13-9-7(12)8(15)6(11)5(3-10)14-9/h4-12,15H,3H2,1-2H3/t5-,6+,7-,8+,9?/m1/s1. The predicted molar refractivity (Wildman–Crippen MR) is 56.8 cm³/mol. The van der Waals surface area contributed by atoms with Gasteiger partial charge in [-0.05, 0) is 13.8 Å². The van der Waals surface area contributed by atoms with Crippen molar-refractivity contribution in [3.05, 3.63) is 0 Å². The molecule has 1 rings (SSSR count). The molecule has 1 aliphatic heterocycles. The molecule has 1 aliphatic rings. The molecule has 1 fully saturated rings. The van der Waals surface area contributed by atoms with Crippen LogP contribution in [0.4, 0.5) is 0 Å². The van der Waals surface area contributed by atoms with Crippen LogP contribution in [0.1, 0.15) is 13.8 Å². The summed E-state index contributed by atoms with van der Waals surface area (Å²) in [5.74, 6) is 0. The molecular formula is C9H18O5S. The molecule has 5 nitrogen and oxygen atoms in total. The molecular weight excluding hydrogens is 220 g/mol. The van der Waals surface area contributed by atoms with Crippen LogP contribution < -0.4 is 0 Å². The lowest BCUT2D eigenvalue weighted by Crippen LogP contribution is -2.57. The summed E-state index contributed by atoms with van der Waals surface area (Å²) in [7, 11) is 0. The lowest BCUT2D eigenvalue weighted by molar-refractivity contribution is -0.276. The average molecular weight is 238 g/mol. The normalized spacial score (nSPS) is 42.2. The van der Waals surface area contributed by atoms with E-state index in [1.807, 2.05) is 13.8 Å². The zero-order valence-corrected chi connectivity index (χ0v) is 9.67. The highest BCUT2D eigenvalue weighted by Crippen LogP contribution is 2.26. The van der Waals surface area contributed by atoms with Crippen LogP contribution in [-0.2, 0) is 9.47 Å². The van der Waals surface area contributed by atoms with Gasteiger partial charge in [0, 0.05) is 0 Å². The second kappa shape index (κ2) is 5.47.